The van der Waals surface area contributed by atoms with E-state index in [4.69, 9.17) is 9.47 Å². The second-order valence-corrected chi connectivity index (χ2v) is 8.90. The van der Waals surface area contributed by atoms with Crippen LogP contribution in [0.4, 0.5) is 0 Å². The quantitative estimate of drug-likeness (QED) is 0.241. The average Bonchev–Trinajstić information content (AvgIpc) is 2.75. The fraction of sp³-hybridized carbons (Fsp3) is 0.958. The zero-order valence-electron chi connectivity index (χ0n) is 19.8. The standard InChI is InChI=1S/C24H47NO6/c1-3-4-5-6-7-8-9-10-11-12-13-14-15-16-17-30-24-21(25-19(2)27)23(29)22(28)20(18-26)31-24/h20-24,26,28-29H,3-18H2,1-2H3,(H,25,27)/t20-,21+,22+,23-,24-/m0/s1. The number of nitrogens with one attached hydrogen (secondary N) is 1. The molecule has 0 bridgehead atoms. The maximum atomic E-state index is 11.4. The number of rotatable bonds is 18. The van der Waals surface area contributed by atoms with Crippen LogP contribution in [0.15, 0.2) is 0 Å². The first-order chi connectivity index (χ1) is 15.0. The second-order valence-electron chi connectivity index (χ2n) is 8.90. The Hall–Kier alpha value is -0.730. The van der Waals surface area contributed by atoms with E-state index in [1.807, 2.05) is 0 Å². The molecule has 5 atom stereocenters. The normalized spacial score (nSPS) is 26.2. The summed E-state index contributed by atoms with van der Waals surface area (Å²) >= 11 is 0. The Kier molecular flexibility index (Phi) is 16.2. The third kappa shape index (κ3) is 12.2. The van der Waals surface area contributed by atoms with Crippen LogP contribution in [0, 0.1) is 0 Å². The lowest BCUT2D eigenvalue weighted by atomic mass is 9.97. The molecule has 0 aromatic rings. The maximum absolute atomic E-state index is 11.4. The first-order valence-corrected chi connectivity index (χ1v) is 12.5. The molecule has 1 heterocycles. The Balaban J connectivity index is 2.07. The predicted octanol–water partition coefficient (Wildman–Crippen LogP) is 3.43. The van der Waals surface area contributed by atoms with Gasteiger partial charge in [0.05, 0.1) is 6.61 Å². The van der Waals surface area contributed by atoms with Crippen LogP contribution >= 0.6 is 0 Å². The number of carbonyl (C=O) groups is 1. The van der Waals surface area contributed by atoms with Gasteiger partial charge >= 0.3 is 0 Å². The van der Waals surface area contributed by atoms with E-state index in [2.05, 4.69) is 12.2 Å². The van der Waals surface area contributed by atoms with E-state index in [1.165, 1.54) is 84.0 Å². The van der Waals surface area contributed by atoms with E-state index in [1.54, 1.807) is 0 Å². The summed E-state index contributed by atoms with van der Waals surface area (Å²) in [7, 11) is 0. The molecule has 7 heteroatoms. The van der Waals surface area contributed by atoms with Crippen LogP contribution in [0.3, 0.4) is 0 Å². The lowest BCUT2D eigenvalue weighted by Gasteiger charge is -2.42. The number of hydrogen-bond acceptors (Lipinski definition) is 6. The fourth-order valence-electron chi connectivity index (χ4n) is 4.11. The number of hydrogen-bond donors (Lipinski definition) is 4. The number of ether oxygens (including phenoxy) is 2. The van der Waals surface area contributed by atoms with Gasteiger partial charge in [-0.2, -0.15) is 0 Å². The van der Waals surface area contributed by atoms with Crippen molar-refractivity contribution in [3.8, 4) is 0 Å². The molecule has 1 fully saturated rings. The summed E-state index contributed by atoms with van der Waals surface area (Å²) in [6, 6.07) is -0.859. The van der Waals surface area contributed by atoms with E-state index in [0.717, 1.165) is 12.8 Å². The topological polar surface area (TPSA) is 108 Å². The number of unbranched alkanes of at least 4 members (excludes halogenated alkanes) is 13. The Bertz CT molecular complexity index is 450. The van der Waals surface area contributed by atoms with Crippen molar-refractivity contribution in [2.75, 3.05) is 13.2 Å². The lowest BCUT2D eigenvalue weighted by molar-refractivity contribution is -0.270. The van der Waals surface area contributed by atoms with Crippen molar-refractivity contribution in [1.29, 1.82) is 0 Å². The highest BCUT2D eigenvalue weighted by atomic mass is 16.7. The van der Waals surface area contributed by atoms with Gasteiger partial charge in [0.25, 0.3) is 0 Å². The monoisotopic (exact) mass is 445 g/mol. The first-order valence-electron chi connectivity index (χ1n) is 12.5. The molecule has 7 nitrogen and oxygen atoms in total. The molecule has 0 aliphatic carbocycles. The summed E-state index contributed by atoms with van der Waals surface area (Å²) in [5, 5.41) is 32.2. The molecule has 4 N–H and O–H groups in total. The third-order valence-electron chi connectivity index (χ3n) is 6.03. The van der Waals surface area contributed by atoms with Gasteiger partial charge in [0, 0.05) is 13.5 Å². The Morgan fingerprint density at radius 2 is 1.32 bits per heavy atom. The zero-order valence-corrected chi connectivity index (χ0v) is 19.8. The number of aliphatic hydroxyl groups is 3. The smallest absolute Gasteiger partial charge is 0.217 e. The van der Waals surface area contributed by atoms with E-state index >= 15 is 0 Å². The maximum Gasteiger partial charge on any atom is 0.217 e. The van der Waals surface area contributed by atoms with Crippen molar-refractivity contribution < 1.29 is 29.6 Å². The second kappa shape index (κ2) is 17.8. The van der Waals surface area contributed by atoms with Gasteiger partial charge in [0.1, 0.15) is 24.4 Å². The predicted molar refractivity (Wildman–Crippen MR) is 122 cm³/mol. The Morgan fingerprint density at radius 1 is 0.839 bits per heavy atom. The van der Waals surface area contributed by atoms with Crippen LogP contribution < -0.4 is 5.32 Å². The number of carbonyl (C=O) groups excluding carboxylic acids is 1. The van der Waals surface area contributed by atoms with Crippen molar-refractivity contribution in [1.82, 2.24) is 5.32 Å². The van der Waals surface area contributed by atoms with Gasteiger partial charge in [0.2, 0.25) is 5.91 Å². The van der Waals surface area contributed by atoms with Gasteiger partial charge < -0.3 is 30.1 Å². The summed E-state index contributed by atoms with van der Waals surface area (Å²) in [6.07, 6.45) is 13.6. The molecule has 1 rings (SSSR count). The minimum atomic E-state index is -1.28. The van der Waals surface area contributed by atoms with Gasteiger partial charge in [-0.15, -0.1) is 0 Å². The summed E-state index contributed by atoms with van der Waals surface area (Å²) in [5.74, 6) is -0.340. The molecule has 1 aliphatic heterocycles. The molecule has 184 valence electrons. The van der Waals surface area contributed by atoms with E-state index < -0.39 is 37.3 Å². The molecule has 31 heavy (non-hydrogen) atoms. The summed E-state index contributed by atoms with van der Waals surface area (Å²) in [4.78, 5) is 11.4. The SMILES string of the molecule is CCCCCCCCCCCCCCCCO[C@H]1O[C@@H](CO)[C@@H](O)[C@@H](O)[C@H]1NC(C)=O. The minimum absolute atomic E-state index is 0.340. The van der Waals surface area contributed by atoms with Crippen LogP contribution in [-0.4, -0.2) is 65.1 Å². The molecule has 0 unspecified atom stereocenters. The van der Waals surface area contributed by atoms with Crippen LogP contribution in [0.1, 0.15) is 104 Å². The van der Waals surface area contributed by atoms with Crippen molar-refractivity contribution in [2.24, 2.45) is 0 Å². The molecular weight excluding hydrogens is 398 g/mol. The van der Waals surface area contributed by atoms with Crippen LogP contribution in [0.2, 0.25) is 0 Å². The third-order valence-corrected chi connectivity index (χ3v) is 6.03. The van der Waals surface area contributed by atoms with Gasteiger partial charge in [-0.1, -0.05) is 90.4 Å². The minimum Gasteiger partial charge on any atom is -0.394 e. The van der Waals surface area contributed by atoms with Gasteiger partial charge in [-0.05, 0) is 6.42 Å². The molecule has 0 saturated carbocycles. The average molecular weight is 446 g/mol. The van der Waals surface area contributed by atoms with Crippen molar-refractivity contribution in [3.63, 3.8) is 0 Å². The van der Waals surface area contributed by atoms with Gasteiger partial charge in [0.15, 0.2) is 6.29 Å². The first kappa shape index (κ1) is 28.3. The summed E-state index contributed by atoms with van der Waals surface area (Å²) in [6.45, 7) is 3.61. The molecule has 1 saturated heterocycles. The van der Waals surface area contributed by atoms with Crippen LogP contribution in [-0.2, 0) is 14.3 Å². The van der Waals surface area contributed by atoms with E-state index in [9.17, 15) is 20.1 Å². The number of amides is 1. The lowest BCUT2D eigenvalue weighted by Crippen LogP contribution is -2.64. The Labute approximate surface area is 188 Å². The molecule has 0 radical (unpaired) electrons. The largest absolute Gasteiger partial charge is 0.394 e. The van der Waals surface area contributed by atoms with Gasteiger partial charge in [-0.25, -0.2) is 0 Å². The molecule has 1 amide bonds. The molecular formula is C24H47NO6. The van der Waals surface area contributed by atoms with E-state index in [-0.39, 0.29) is 5.91 Å². The Morgan fingerprint density at radius 3 is 1.77 bits per heavy atom. The van der Waals surface area contributed by atoms with Crippen molar-refractivity contribution in [2.45, 2.75) is 134 Å². The van der Waals surface area contributed by atoms with Crippen molar-refractivity contribution in [3.05, 3.63) is 0 Å². The highest BCUT2D eigenvalue weighted by Crippen LogP contribution is 2.22. The summed E-state index contributed by atoms with van der Waals surface area (Å²) < 4.78 is 11.3. The van der Waals surface area contributed by atoms with Crippen molar-refractivity contribution >= 4 is 5.91 Å². The highest BCUT2D eigenvalue weighted by molar-refractivity contribution is 5.73. The van der Waals surface area contributed by atoms with Crippen LogP contribution in [0.25, 0.3) is 0 Å². The zero-order chi connectivity index (χ0) is 22.9. The van der Waals surface area contributed by atoms with Crippen LogP contribution in [0.5, 0.6) is 0 Å². The fourth-order valence-corrected chi connectivity index (χ4v) is 4.11. The highest BCUT2D eigenvalue weighted by Gasteiger charge is 2.45. The number of aliphatic hydroxyl groups excluding tert-OH is 3. The molecule has 0 aromatic carbocycles. The summed E-state index contributed by atoms with van der Waals surface area (Å²) in [5.41, 5.74) is 0. The molecule has 0 aromatic heterocycles. The molecule has 0 spiro atoms. The molecule has 1 aliphatic rings. The van der Waals surface area contributed by atoms with E-state index in [0.29, 0.717) is 6.61 Å². The van der Waals surface area contributed by atoms with Gasteiger partial charge in [-0.3, -0.25) is 4.79 Å².